The zero-order valence-electron chi connectivity index (χ0n) is 15.8. The van der Waals surface area contributed by atoms with Gasteiger partial charge in [0.25, 0.3) is 0 Å². The van der Waals surface area contributed by atoms with Crippen molar-refractivity contribution in [3.8, 4) is 0 Å². The van der Waals surface area contributed by atoms with E-state index < -0.39 is 29.7 Å². The van der Waals surface area contributed by atoms with Gasteiger partial charge in [0.1, 0.15) is 11.7 Å². The quantitative estimate of drug-likeness (QED) is 0.428. The number of hydrogen-bond donors (Lipinski definition) is 0. The molecule has 7 heteroatoms. The number of esters is 2. The van der Waals surface area contributed by atoms with Crippen LogP contribution in [0, 0.1) is 0 Å². The molecule has 0 N–H and O–H groups in total. The number of nitrogens with zero attached hydrogens (tertiary/aromatic N) is 1. The molecule has 2 atom stereocenters. The van der Waals surface area contributed by atoms with Crippen LogP contribution in [0.15, 0.2) is 12.2 Å². The Bertz CT molecular complexity index is 522. The van der Waals surface area contributed by atoms with Gasteiger partial charge in [-0.15, -0.1) is 0 Å². The third kappa shape index (κ3) is 6.76. The van der Waals surface area contributed by atoms with Crippen molar-refractivity contribution in [2.24, 2.45) is 0 Å². The molecule has 1 fully saturated rings. The van der Waals surface area contributed by atoms with Gasteiger partial charge in [0.15, 0.2) is 0 Å². The van der Waals surface area contributed by atoms with Crippen molar-refractivity contribution in [3.63, 3.8) is 0 Å². The summed E-state index contributed by atoms with van der Waals surface area (Å²) in [5, 5.41) is 0. The zero-order chi connectivity index (χ0) is 19.2. The molecule has 1 rings (SSSR count). The predicted molar refractivity (Wildman–Crippen MR) is 91.9 cm³/mol. The minimum Gasteiger partial charge on any atom is -0.466 e. The van der Waals surface area contributed by atoms with Crippen LogP contribution in [-0.2, 0) is 23.8 Å². The van der Waals surface area contributed by atoms with Crippen molar-refractivity contribution < 1.29 is 28.6 Å². The Balaban J connectivity index is 2.90. The van der Waals surface area contributed by atoms with E-state index in [9.17, 15) is 14.4 Å². The van der Waals surface area contributed by atoms with Crippen LogP contribution in [0.3, 0.4) is 0 Å². The summed E-state index contributed by atoms with van der Waals surface area (Å²) >= 11 is 0. The van der Waals surface area contributed by atoms with E-state index in [4.69, 9.17) is 9.47 Å². The highest BCUT2D eigenvalue weighted by molar-refractivity contribution is 5.89. The molecule has 0 aromatic heterocycles. The smallest absolute Gasteiger partial charge is 0.410 e. The number of rotatable bonds is 5. The lowest BCUT2D eigenvalue weighted by atomic mass is 9.94. The summed E-state index contributed by atoms with van der Waals surface area (Å²) in [5.41, 5.74) is -0.531. The molecular weight excluding hydrogens is 326 g/mol. The Hall–Kier alpha value is -2.05. The van der Waals surface area contributed by atoms with Crippen molar-refractivity contribution in [1.29, 1.82) is 0 Å². The monoisotopic (exact) mass is 355 g/mol. The van der Waals surface area contributed by atoms with Gasteiger partial charge in [-0.25, -0.2) is 9.59 Å². The van der Waals surface area contributed by atoms with Crippen LogP contribution in [0.5, 0.6) is 0 Å². The van der Waals surface area contributed by atoms with Gasteiger partial charge in [-0.2, -0.15) is 0 Å². The molecule has 7 nitrogen and oxygen atoms in total. The lowest BCUT2D eigenvalue weighted by molar-refractivity contribution is -0.147. The van der Waals surface area contributed by atoms with Gasteiger partial charge in [-0.1, -0.05) is 6.58 Å². The topological polar surface area (TPSA) is 82.1 Å². The van der Waals surface area contributed by atoms with Crippen molar-refractivity contribution >= 4 is 18.0 Å². The minimum atomic E-state index is -0.835. The van der Waals surface area contributed by atoms with Crippen molar-refractivity contribution in [3.05, 3.63) is 12.2 Å². The summed E-state index contributed by atoms with van der Waals surface area (Å²) in [6, 6.07) is -0.200. The SMILES string of the molecule is C=C(C(=O)OC)C(CC1CCCCN1C(=O)OC(C)(C)C)OC(C)=O. The lowest BCUT2D eigenvalue weighted by Gasteiger charge is -2.38. The molecule has 0 aliphatic carbocycles. The maximum atomic E-state index is 12.5. The minimum absolute atomic E-state index is 0.0624. The van der Waals surface area contributed by atoms with Crippen LogP contribution >= 0.6 is 0 Å². The highest BCUT2D eigenvalue weighted by Crippen LogP contribution is 2.26. The second kappa shape index (κ2) is 8.87. The van der Waals surface area contributed by atoms with E-state index in [-0.39, 0.29) is 18.0 Å². The van der Waals surface area contributed by atoms with E-state index in [1.807, 2.05) is 20.8 Å². The number of carbonyl (C=O) groups excluding carboxylic acids is 3. The van der Waals surface area contributed by atoms with Crippen LogP contribution in [0.1, 0.15) is 53.4 Å². The van der Waals surface area contributed by atoms with Crippen LogP contribution < -0.4 is 0 Å². The van der Waals surface area contributed by atoms with Gasteiger partial charge < -0.3 is 19.1 Å². The second-order valence-electron chi connectivity index (χ2n) is 7.17. The number of carbonyl (C=O) groups is 3. The first-order valence-corrected chi connectivity index (χ1v) is 8.49. The first-order chi connectivity index (χ1) is 11.5. The molecule has 1 amide bonds. The second-order valence-corrected chi connectivity index (χ2v) is 7.17. The average molecular weight is 355 g/mol. The van der Waals surface area contributed by atoms with Crippen LogP contribution in [0.4, 0.5) is 4.79 Å². The first kappa shape index (κ1) is 21.0. The molecule has 0 radical (unpaired) electrons. The van der Waals surface area contributed by atoms with Gasteiger partial charge in [0.2, 0.25) is 0 Å². The molecule has 0 aromatic carbocycles. The molecular formula is C18H29NO6. The standard InChI is InChI=1S/C18H29NO6/c1-12(16(21)23-6)15(24-13(2)20)11-14-9-7-8-10-19(14)17(22)25-18(3,4)5/h14-15H,1,7-11H2,2-6H3. The summed E-state index contributed by atoms with van der Waals surface area (Å²) in [5.74, 6) is -1.15. The number of likely N-dealkylation sites (tertiary alicyclic amines) is 1. The van der Waals surface area contributed by atoms with E-state index in [0.717, 1.165) is 19.3 Å². The maximum Gasteiger partial charge on any atom is 0.410 e. The average Bonchev–Trinajstić information content (AvgIpc) is 2.51. The van der Waals surface area contributed by atoms with E-state index in [0.29, 0.717) is 6.54 Å². The predicted octanol–water partition coefficient (Wildman–Crippen LogP) is 2.83. The van der Waals surface area contributed by atoms with Gasteiger partial charge in [0, 0.05) is 25.9 Å². The van der Waals surface area contributed by atoms with E-state index in [1.54, 1.807) is 4.90 Å². The zero-order valence-corrected chi connectivity index (χ0v) is 15.8. The van der Waals surface area contributed by atoms with Crippen molar-refractivity contribution in [2.75, 3.05) is 13.7 Å². The Labute approximate surface area is 149 Å². The van der Waals surface area contributed by atoms with E-state index >= 15 is 0 Å². The Morgan fingerprint density at radius 3 is 2.40 bits per heavy atom. The molecule has 142 valence electrons. The number of piperidine rings is 1. The maximum absolute atomic E-state index is 12.5. The molecule has 1 aliphatic heterocycles. The summed E-state index contributed by atoms with van der Waals surface area (Å²) in [7, 11) is 1.24. The number of amides is 1. The van der Waals surface area contributed by atoms with Crippen LogP contribution in [0.2, 0.25) is 0 Å². The number of hydrogen-bond acceptors (Lipinski definition) is 6. The lowest BCUT2D eigenvalue weighted by Crippen LogP contribution is -2.48. The molecule has 0 spiro atoms. The molecule has 25 heavy (non-hydrogen) atoms. The molecule has 2 unspecified atom stereocenters. The highest BCUT2D eigenvalue weighted by atomic mass is 16.6. The van der Waals surface area contributed by atoms with Gasteiger partial charge in [0.05, 0.1) is 12.7 Å². The summed E-state index contributed by atoms with van der Waals surface area (Å²) in [4.78, 5) is 37.3. The summed E-state index contributed by atoms with van der Waals surface area (Å²) < 4.78 is 15.4. The fourth-order valence-corrected chi connectivity index (χ4v) is 2.78. The molecule has 0 saturated carbocycles. The Kier molecular flexibility index (Phi) is 7.45. The van der Waals surface area contributed by atoms with Gasteiger partial charge in [-0.05, 0) is 40.0 Å². The number of ether oxygens (including phenoxy) is 3. The summed E-state index contributed by atoms with van der Waals surface area (Å²) in [6.07, 6.45) is 1.62. The molecule has 0 bridgehead atoms. The normalized spacial score (nSPS) is 18.9. The van der Waals surface area contributed by atoms with Gasteiger partial charge in [-0.3, -0.25) is 4.79 Å². The number of methoxy groups -OCH3 is 1. The molecule has 0 aromatic rings. The van der Waals surface area contributed by atoms with Crippen molar-refractivity contribution in [1.82, 2.24) is 4.90 Å². The van der Waals surface area contributed by atoms with Crippen molar-refractivity contribution in [2.45, 2.75) is 71.1 Å². The van der Waals surface area contributed by atoms with E-state index in [1.165, 1.54) is 14.0 Å². The van der Waals surface area contributed by atoms with Crippen LogP contribution in [-0.4, -0.2) is 54.3 Å². The first-order valence-electron chi connectivity index (χ1n) is 8.49. The Morgan fingerprint density at radius 1 is 1.24 bits per heavy atom. The molecule has 1 saturated heterocycles. The summed E-state index contributed by atoms with van der Waals surface area (Å²) in [6.45, 7) is 11.0. The fourth-order valence-electron chi connectivity index (χ4n) is 2.78. The molecule has 1 heterocycles. The van der Waals surface area contributed by atoms with Gasteiger partial charge >= 0.3 is 18.0 Å². The third-order valence-electron chi connectivity index (χ3n) is 3.89. The van der Waals surface area contributed by atoms with Crippen LogP contribution in [0.25, 0.3) is 0 Å². The molecule has 1 aliphatic rings. The highest BCUT2D eigenvalue weighted by Gasteiger charge is 2.34. The van der Waals surface area contributed by atoms with E-state index in [2.05, 4.69) is 11.3 Å². The fraction of sp³-hybridized carbons (Fsp3) is 0.722. The largest absolute Gasteiger partial charge is 0.466 e. The Morgan fingerprint density at radius 2 is 1.88 bits per heavy atom. The third-order valence-corrected chi connectivity index (χ3v) is 3.89.